The van der Waals surface area contributed by atoms with Crippen LogP contribution in [0.1, 0.15) is 26.3 Å². The zero-order valence-corrected chi connectivity index (χ0v) is 13.0. The minimum absolute atomic E-state index is 0.281. The van der Waals surface area contributed by atoms with E-state index in [1.807, 2.05) is 26.8 Å². The summed E-state index contributed by atoms with van der Waals surface area (Å²) in [7, 11) is 0. The fraction of sp³-hybridized carbons (Fsp3) is 0.588. The Kier molecular flexibility index (Phi) is 3.66. The molecule has 3 rings (SSSR count). The Bertz CT molecular complexity index is 497. The van der Waals surface area contributed by atoms with E-state index >= 15 is 0 Å². The van der Waals surface area contributed by atoms with E-state index in [4.69, 9.17) is 4.74 Å². The molecule has 1 aromatic carbocycles. The molecule has 114 valence electrons. The normalized spacial score (nSPS) is 28.0. The topological polar surface area (TPSA) is 41.6 Å². The Morgan fingerprint density at radius 3 is 2.43 bits per heavy atom. The number of likely N-dealkylation sites (tertiary alicyclic amines) is 1. The summed E-state index contributed by atoms with van der Waals surface area (Å²) >= 11 is 0. The molecule has 0 bridgehead atoms. The molecule has 4 nitrogen and oxygen atoms in total. The summed E-state index contributed by atoms with van der Waals surface area (Å²) in [5.41, 5.74) is 0.934. The molecule has 2 fully saturated rings. The molecule has 2 unspecified atom stereocenters. The highest BCUT2D eigenvalue weighted by molar-refractivity contribution is 5.68. The van der Waals surface area contributed by atoms with E-state index in [0.29, 0.717) is 17.9 Å². The maximum atomic E-state index is 11.8. The summed E-state index contributed by atoms with van der Waals surface area (Å²) in [4.78, 5) is 14.2. The lowest BCUT2D eigenvalue weighted by Crippen LogP contribution is -2.38. The number of piperidine rings is 1. The first kappa shape index (κ1) is 14.4. The van der Waals surface area contributed by atoms with Crippen molar-refractivity contribution in [2.45, 2.75) is 39.0 Å². The quantitative estimate of drug-likeness (QED) is 0.929. The Labute approximate surface area is 126 Å². The van der Waals surface area contributed by atoms with Gasteiger partial charge < -0.3 is 10.1 Å². The molecule has 1 aromatic rings. The minimum Gasteiger partial charge on any atom is -0.444 e. The van der Waals surface area contributed by atoms with Gasteiger partial charge in [0.25, 0.3) is 0 Å². The van der Waals surface area contributed by atoms with Crippen molar-refractivity contribution in [3.63, 3.8) is 0 Å². The fourth-order valence-electron chi connectivity index (χ4n) is 3.24. The molecule has 0 spiro atoms. The third kappa shape index (κ3) is 3.56. The van der Waals surface area contributed by atoms with Crippen molar-refractivity contribution in [2.75, 3.05) is 13.1 Å². The van der Waals surface area contributed by atoms with Gasteiger partial charge in [-0.05, 0) is 38.2 Å². The van der Waals surface area contributed by atoms with Crippen molar-refractivity contribution in [3.05, 3.63) is 35.9 Å². The molecule has 4 heteroatoms. The Morgan fingerprint density at radius 1 is 1.24 bits per heavy atom. The molecule has 1 saturated carbocycles. The molecule has 1 N–H and O–H groups in total. The van der Waals surface area contributed by atoms with E-state index < -0.39 is 5.60 Å². The molecule has 1 saturated heterocycles. The number of carbonyl (C=O) groups is 1. The fourth-order valence-corrected chi connectivity index (χ4v) is 3.24. The predicted molar refractivity (Wildman–Crippen MR) is 81.9 cm³/mol. The maximum absolute atomic E-state index is 11.8. The highest BCUT2D eigenvalue weighted by Gasteiger charge is 2.56. The van der Waals surface area contributed by atoms with E-state index in [0.717, 1.165) is 19.6 Å². The molecule has 1 heterocycles. The molecule has 2 atom stereocenters. The Hall–Kier alpha value is -1.55. The van der Waals surface area contributed by atoms with Crippen LogP contribution in [-0.2, 0) is 11.3 Å². The third-order valence-electron chi connectivity index (χ3n) is 4.20. The molecular weight excluding hydrogens is 264 g/mol. The number of hydrogen-bond acceptors (Lipinski definition) is 3. The van der Waals surface area contributed by atoms with E-state index in [2.05, 4.69) is 34.5 Å². The van der Waals surface area contributed by atoms with Gasteiger partial charge >= 0.3 is 6.09 Å². The maximum Gasteiger partial charge on any atom is 0.407 e. The number of nitrogens with zero attached hydrogens (tertiary/aromatic N) is 1. The van der Waals surface area contributed by atoms with E-state index in [-0.39, 0.29) is 6.09 Å². The average molecular weight is 288 g/mol. The standard InChI is InChI=1S/C17H24N2O2/c1-17(2,3)21-16(20)18-15-13-10-19(11-14(13)15)9-12-7-5-4-6-8-12/h4-8,13-15H,9-11H2,1-3H3,(H,18,20). The molecule has 1 aliphatic carbocycles. The number of nitrogens with one attached hydrogen (secondary N) is 1. The van der Waals surface area contributed by atoms with Crippen molar-refractivity contribution in [2.24, 2.45) is 11.8 Å². The van der Waals surface area contributed by atoms with Gasteiger partial charge in [0.05, 0.1) is 0 Å². The summed E-state index contributed by atoms with van der Waals surface area (Å²) < 4.78 is 5.31. The van der Waals surface area contributed by atoms with Crippen molar-refractivity contribution in [3.8, 4) is 0 Å². The second-order valence-electron chi connectivity index (χ2n) is 7.18. The van der Waals surface area contributed by atoms with Crippen molar-refractivity contribution < 1.29 is 9.53 Å². The summed E-state index contributed by atoms with van der Waals surface area (Å²) in [6, 6.07) is 10.9. The van der Waals surface area contributed by atoms with Crippen LogP contribution in [0.4, 0.5) is 4.79 Å². The number of hydrogen-bond donors (Lipinski definition) is 1. The average Bonchev–Trinajstić information content (AvgIpc) is 2.83. The van der Waals surface area contributed by atoms with Crippen LogP contribution >= 0.6 is 0 Å². The highest BCUT2D eigenvalue weighted by atomic mass is 16.6. The molecule has 1 aliphatic heterocycles. The number of fused-ring (bicyclic) bond motifs is 1. The summed E-state index contributed by atoms with van der Waals surface area (Å²) in [6.07, 6.45) is -0.281. The van der Waals surface area contributed by atoms with Crippen LogP contribution in [0.2, 0.25) is 0 Å². The first-order valence-corrected chi connectivity index (χ1v) is 7.68. The van der Waals surface area contributed by atoms with Gasteiger partial charge in [0, 0.05) is 25.7 Å². The lowest BCUT2D eigenvalue weighted by atomic mass is 10.2. The Morgan fingerprint density at radius 2 is 1.86 bits per heavy atom. The highest BCUT2D eigenvalue weighted by Crippen LogP contribution is 2.45. The van der Waals surface area contributed by atoms with Gasteiger partial charge in [-0.1, -0.05) is 30.3 Å². The molecule has 1 amide bonds. The van der Waals surface area contributed by atoms with Crippen LogP contribution in [-0.4, -0.2) is 35.7 Å². The Balaban J connectivity index is 1.43. The van der Waals surface area contributed by atoms with Crippen LogP contribution in [0, 0.1) is 11.8 Å². The van der Waals surface area contributed by atoms with Gasteiger partial charge in [-0.2, -0.15) is 0 Å². The van der Waals surface area contributed by atoms with E-state index in [1.165, 1.54) is 5.56 Å². The van der Waals surface area contributed by atoms with E-state index in [1.54, 1.807) is 0 Å². The van der Waals surface area contributed by atoms with Gasteiger partial charge in [-0.3, -0.25) is 4.90 Å². The summed E-state index contributed by atoms with van der Waals surface area (Å²) in [5.74, 6) is 1.20. The molecule has 0 radical (unpaired) electrons. The van der Waals surface area contributed by atoms with Gasteiger partial charge in [-0.25, -0.2) is 4.79 Å². The lowest BCUT2D eigenvalue weighted by molar-refractivity contribution is 0.0513. The van der Waals surface area contributed by atoms with Crippen LogP contribution in [0.3, 0.4) is 0 Å². The van der Waals surface area contributed by atoms with Crippen molar-refractivity contribution >= 4 is 6.09 Å². The van der Waals surface area contributed by atoms with Gasteiger partial charge in [-0.15, -0.1) is 0 Å². The third-order valence-corrected chi connectivity index (χ3v) is 4.20. The van der Waals surface area contributed by atoms with Crippen molar-refractivity contribution in [1.29, 1.82) is 0 Å². The van der Waals surface area contributed by atoms with Crippen LogP contribution in [0.25, 0.3) is 0 Å². The SMILES string of the molecule is CC(C)(C)OC(=O)NC1C2CN(Cc3ccccc3)CC21. The number of benzene rings is 1. The van der Waals surface area contributed by atoms with Crippen LogP contribution < -0.4 is 5.32 Å². The number of rotatable bonds is 3. The van der Waals surface area contributed by atoms with E-state index in [9.17, 15) is 4.79 Å². The van der Waals surface area contributed by atoms with Gasteiger partial charge in [0.1, 0.15) is 5.60 Å². The predicted octanol–water partition coefficient (Wildman–Crippen LogP) is 2.64. The van der Waals surface area contributed by atoms with Crippen molar-refractivity contribution in [1.82, 2.24) is 10.2 Å². The summed E-state index contributed by atoms with van der Waals surface area (Å²) in [6.45, 7) is 8.82. The minimum atomic E-state index is -0.423. The number of ether oxygens (including phenoxy) is 1. The van der Waals surface area contributed by atoms with Gasteiger partial charge in [0.15, 0.2) is 0 Å². The first-order chi connectivity index (χ1) is 9.92. The zero-order chi connectivity index (χ0) is 15.0. The zero-order valence-electron chi connectivity index (χ0n) is 13.0. The van der Waals surface area contributed by atoms with Crippen LogP contribution in [0.5, 0.6) is 0 Å². The second-order valence-corrected chi connectivity index (χ2v) is 7.18. The van der Waals surface area contributed by atoms with Gasteiger partial charge in [0.2, 0.25) is 0 Å². The largest absolute Gasteiger partial charge is 0.444 e. The molecule has 2 aliphatic rings. The summed E-state index contributed by atoms with van der Waals surface area (Å²) in [5, 5.41) is 3.01. The first-order valence-electron chi connectivity index (χ1n) is 7.68. The lowest BCUT2D eigenvalue weighted by Gasteiger charge is -2.22. The monoisotopic (exact) mass is 288 g/mol. The number of amides is 1. The molecular formula is C17H24N2O2. The number of carbonyl (C=O) groups excluding carboxylic acids is 1. The van der Waals surface area contributed by atoms with Crippen LogP contribution in [0.15, 0.2) is 30.3 Å². The second kappa shape index (κ2) is 5.34. The number of alkyl carbamates (subject to hydrolysis) is 1. The smallest absolute Gasteiger partial charge is 0.407 e. The molecule has 0 aromatic heterocycles. The molecule has 21 heavy (non-hydrogen) atoms.